The van der Waals surface area contributed by atoms with Crippen molar-refractivity contribution in [3.05, 3.63) is 12.7 Å². The third-order valence-corrected chi connectivity index (χ3v) is 5.60. The maximum absolute atomic E-state index is 11.8. The summed E-state index contributed by atoms with van der Waals surface area (Å²) in [6, 6.07) is 0.726. The van der Waals surface area contributed by atoms with Crippen molar-refractivity contribution in [1.82, 2.24) is 9.80 Å². The molecule has 0 N–H and O–H groups in total. The van der Waals surface area contributed by atoms with Crippen LogP contribution in [0.1, 0.15) is 90.9 Å². The van der Waals surface area contributed by atoms with Gasteiger partial charge in [-0.1, -0.05) is 84.6 Å². The Hall–Kier alpha value is -0.830. The summed E-state index contributed by atoms with van der Waals surface area (Å²) in [5, 5.41) is 0. The van der Waals surface area contributed by atoms with E-state index < -0.39 is 0 Å². The molecule has 1 heterocycles. The maximum atomic E-state index is 11.8. The Morgan fingerprint density at radius 1 is 0.840 bits per heavy atom. The molecule has 146 valence electrons. The Bertz CT molecular complexity index is 334. The fraction of sp³-hybridized carbons (Fsp3) is 0.864. The molecule has 0 aromatic heterocycles. The van der Waals surface area contributed by atoms with E-state index in [1.54, 1.807) is 0 Å². The molecular weight excluding hydrogens is 308 g/mol. The molecule has 1 aliphatic rings. The molecule has 0 aromatic carbocycles. The number of carbonyl (C=O) groups is 1. The zero-order chi connectivity index (χ0) is 18.3. The van der Waals surface area contributed by atoms with Crippen molar-refractivity contribution < 1.29 is 4.79 Å². The number of hydrogen-bond donors (Lipinski definition) is 0. The Balaban J connectivity index is 2.38. The summed E-state index contributed by atoms with van der Waals surface area (Å²) in [6.07, 6.45) is 17.8. The first-order valence-electron chi connectivity index (χ1n) is 10.9. The molecule has 0 unspecified atom stereocenters. The second kappa shape index (κ2) is 14.4. The van der Waals surface area contributed by atoms with E-state index in [9.17, 15) is 4.79 Å². The summed E-state index contributed by atoms with van der Waals surface area (Å²) in [5.74, 6) is 0.0929. The number of piperazine rings is 1. The Morgan fingerprint density at radius 3 is 1.76 bits per heavy atom. The van der Waals surface area contributed by atoms with Gasteiger partial charge in [-0.15, -0.1) is 0 Å². The highest BCUT2D eigenvalue weighted by Gasteiger charge is 2.24. The van der Waals surface area contributed by atoms with Crippen molar-refractivity contribution >= 4 is 5.91 Å². The van der Waals surface area contributed by atoms with Crippen molar-refractivity contribution in [2.24, 2.45) is 0 Å². The van der Waals surface area contributed by atoms with Crippen LogP contribution in [0, 0.1) is 0 Å². The number of nitrogens with zero attached hydrogens (tertiary/aromatic N) is 2. The van der Waals surface area contributed by atoms with Gasteiger partial charge in [-0.05, 0) is 18.9 Å². The monoisotopic (exact) mass is 350 g/mol. The quantitative estimate of drug-likeness (QED) is 0.309. The fourth-order valence-corrected chi connectivity index (χ4v) is 3.91. The summed E-state index contributed by atoms with van der Waals surface area (Å²) < 4.78 is 0. The molecule has 0 aliphatic carbocycles. The SMILES string of the molecule is C=CC(=O)N1CCN(C(CCCCCCC)CCCCCCC)CC1. The zero-order valence-electron chi connectivity index (χ0n) is 17.0. The van der Waals surface area contributed by atoms with Gasteiger partial charge < -0.3 is 4.90 Å². The average molecular weight is 351 g/mol. The van der Waals surface area contributed by atoms with Crippen LogP contribution in [0.15, 0.2) is 12.7 Å². The third-order valence-electron chi connectivity index (χ3n) is 5.60. The molecule has 0 aromatic rings. The van der Waals surface area contributed by atoms with Gasteiger partial charge >= 0.3 is 0 Å². The number of carbonyl (C=O) groups excluding carboxylic acids is 1. The van der Waals surface area contributed by atoms with E-state index in [1.165, 1.54) is 83.1 Å². The lowest BCUT2D eigenvalue weighted by Crippen LogP contribution is -2.51. The van der Waals surface area contributed by atoms with Crippen LogP contribution in [0.5, 0.6) is 0 Å². The van der Waals surface area contributed by atoms with Crippen molar-refractivity contribution in [1.29, 1.82) is 0 Å². The van der Waals surface area contributed by atoms with Gasteiger partial charge in [0.25, 0.3) is 0 Å². The van der Waals surface area contributed by atoms with E-state index >= 15 is 0 Å². The van der Waals surface area contributed by atoms with Crippen LogP contribution in [0.3, 0.4) is 0 Å². The molecule has 25 heavy (non-hydrogen) atoms. The molecule has 0 atom stereocenters. The topological polar surface area (TPSA) is 23.6 Å². The normalized spacial score (nSPS) is 15.7. The fourth-order valence-electron chi connectivity index (χ4n) is 3.91. The van der Waals surface area contributed by atoms with Gasteiger partial charge in [0.1, 0.15) is 0 Å². The van der Waals surface area contributed by atoms with E-state index in [-0.39, 0.29) is 5.91 Å². The lowest BCUT2D eigenvalue weighted by atomic mass is 9.98. The summed E-state index contributed by atoms with van der Waals surface area (Å²) in [6.45, 7) is 12.0. The van der Waals surface area contributed by atoms with E-state index in [2.05, 4.69) is 25.3 Å². The Morgan fingerprint density at radius 2 is 1.32 bits per heavy atom. The van der Waals surface area contributed by atoms with Crippen LogP contribution in [0.4, 0.5) is 0 Å². The van der Waals surface area contributed by atoms with Crippen LogP contribution < -0.4 is 0 Å². The number of hydrogen-bond acceptors (Lipinski definition) is 2. The largest absolute Gasteiger partial charge is 0.337 e. The smallest absolute Gasteiger partial charge is 0.246 e. The van der Waals surface area contributed by atoms with Gasteiger partial charge in [0.05, 0.1) is 0 Å². The number of unbranched alkanes of at least 4 members (excludes halogenated alkanes) is 8. The van der Waals surface area contributed by atoms with Gasteiger partial charge in [0.2, 0.25) is 5.91 Å². The predicted molar refractivity (Wildman–Crippen MR) is 109 cm³/mol. The van der Waals surface area contributed by atoms with Gasteiger partial charge in [-0.2, -0.15) is 0 Å². The highest BCUT2D eigenvalue weighted by atomic mass is 16.2. The number of amides is 1. The molecule has 1 fully saturated rings. The van der Waals surface area contributed by atoms with Crippen molar-refractivity contribution in [2.45, 2.75) is 96.9 Å². The molecule has 1 aliphatic heterocycles. The maximum Gasteiger partial charge on any atom is 0.246 e. The molecule has 1 saturated heterocycles. The van der Waals surface area contributed by atoms with Gasteiger partial charge in [-0.3, -0.25) is 9.69 Å². The van der Waals surface area contributed by atoms with Crippen LogP contribution >= 0.6 is 0 Å². The first kappa shape index (κ1) is 22.2. The van der Waals surface area contributed by atoms with Crippen LogP contribution in [-0.4, -0.2) is 47.9 Å². The van der Waals surface area contributed by atoms with Crippen LogP contribution in [0.25, 0.3) is 0 Å². The Labute approximate surface area is 156 Å². The standard InChI is InChI=1S/C22H42N2O/c1-4-7-9-11-13-15-21(16-14-12-10-8-5-2)23-17-19-24(20-18-23)22(25)6-3/h6,21H,3-5,7-20H2,1-2H3. The first-order valence-corrected chi connectivity index (χ1v) is 10.9. The molecule has 3 heteroatoms. The molecule has 1 amide bonds. The lowest BCUT2D eigenvalue weighted by molar-refractivity contribution is -0.128. The lowest BCUT2D eigenvalue weighted by Gasteiger charge is -2.39. The van der Waals surface area contributed by atoms with E-state index in [0.717, 1.165) is 32.2 Å². The third kappa shape index (κ3) is 9.44. The first-order chi connectivity index (χ1) is 12.2. The van der Waals surface area contributed by atoms with E-state index in [4.69, 9.17) is 0 Å². The zero-order valence-corrected chi connectivity index (χ0v) is 17.0. The minimum atomic E-state index is 0.0929. The van der Waals surface area contributed by atoms with Crippen molar-refractivity contribution in [3.63, 3.8) is 0 Å². The van der Waals surface area contributed by atoms with E-state index in [0.29, 0.717) is 0 Å². The second-order valence-corrected chi connectivity index (χ2v) is 7.62. The van der Waals surface area contributed by atoms with Gasteiger partial charge in [0, 0.05) is 32.2 Å². The minimum Gasteiger partial charge on any atom is -0.337 e. The van der Waals surface area contributed by atoms with Crippen LogP contribution in [0.2, 0.25) is 0 Å². The number of rotatable bonds is 14. The molecule has 0 saturated carbocycles. The van der Waals surface area contributed by atoms with Crippen molar-refractivity contribution in [3.8, 4) is 0 Å². The molecule has 1 rings (SSSR count). The summed E-state index contributed by atoms with van der Waals surface area (Å²) in [7, 11) is 0. The predicted octanol–water partition coefficient (Wildman–Crippen LogP) is 5.41. The summed E-state index contributed by atoms with van der Waals surface area (Å²) >= 11 is 0. The highest BCUT2D eigenvalue weighted by Crippen LogP contribution is 2.20. The molecule has 3 nitrogen and oxygen atoms in total. The second-order valence-electron chi connectivity index (χ2n) is 7.62. The molecular formula is C22H42N2O. The van der Waals surface area contributed by atoms with Gasteiger partial charge in [0.15, 0.2) is 0 Å². The molecule has 0 radical (unpaired) electrons. The van der Waals surface area contributed by atoms with Crippen molar-refractivity contribution in [2.75, 3.05) is 26.2 Å². The Kier molecular flexibility index (Phi) is 12.8. The van der Waals surface area contributed by atoms with E-state index in [1.807, 2.05) is 4.90 Å². The highest BCUT2D eigenvalue weighted by molar-refractivity contribution is 5.87. The average Bonchev–Trinajstić information content (AvgIpc) is 2.65. The molecule has 0 bridgehead atoms. The summed E-state index contributed by atoms with van der Waals surface area (Å²) in [5.41, 5.74) is 0. The molecule has 0 spiro atoms. The summed E-state index contributed by atoms with van der Waals surface area (Å²) in [4.78, 5) is 16.4. The van der Waals surface area contributed by atoms with Gasteiger partial charge in [-0.25, -0.2) is 0 Å². The van der Waals surface area contributed by atoms with Crippen LogP contribution in [-0.2, 0) is 4.79 Å². The minimum absolute atomic E-state index is 0.0929.